The van der Waals surface area contributed by atoms with Crippen molar-refractivity contribution < 1.29 is 24.2 Å². The van der Waals surface area contributed by atoms with Gasteiger partial charge in [0, 0.05) is 31.5 Å². The number of fused-ring (bicyclic) bond motifs is 3. The lowest BCUT2D eigenvalue weighted by atomic mass is 9.80. The maximum atomic E-state index is 12.9. The standard InChI is InChI=1S/C28H32N2O5/c1-28(26(32)33)12-14-30(15-13-28)25(31)16-24(18-10-11-18)29-27(34)35-17-23-21-8-4-2-6-19(21)20-7-3-5-9-22(20)23/h2-9,18,23-24H,10-17H2,1H3,(H,29,34)(H,32,33). The molecule has 0 bridgehead atoms. The summed E-state index contributed by atoms with van der Waals surface area (Å²) < 4.78 is 5.69. The Morgan fingerprint density at radius 1 is 1.03 bits per heavy atom. The maximum absolute atomic E-state index is 12.9. The van der Waals surface area contributed by atoms with Crippen molar-refractivity contribution in [3.8, 4) is 11.1 Å². The lowest BCUT2D eigenvalue weighted by Crippen LogP contribution is -2.47. The smallest absolute Gasteiger partial charge is 0.407 e. The molecule has 0 aromatic heterocycles. The number of rotatable bonds is 7. The molecule has 7 nitrogen and oxygen atoms in total. The molecule has 2 aromatic rings. The molecule has 1 heterocycles. The Hall–Kier alpha value is -3.35. The van der Waals surface area contributed by atoms with E-state index < -0.39 is 17.5 Å². The molecule has 0 spiro atoms. The van der Waals surface area contributed by atoms with Gasteiger partial charge in [0.25, 0.3) is 0 Å². The number of carboxylic acid groups (broad SMARTS) is 1. The van der Waals surface area contributed by atoms with Crippen LogP contribution < -0.4 is 5.32 Å². The van der Waals surface area contributed by atoms with Crippen molar-refractivity contribution in [2.24, 2.45) is 11.3 Å². The molecule has 2 N–H and O–H groups in total. The summed E-state index contributed by atoms with van der Waals surface area (Å²) >= 11 is 0. The van der Waals surface area contributed by atoms with E-state index in [0.717, 1.165) is 24.0 Å². The maximum Gasteiger partial charge on any atom is 0.407 e. The first kappa shape index (κ1) is 23.4. The van der Waals surface area contributed by atoms with Crippen LogP contribution in [-0.2, 0) is 14.3 Å². The van der Waals surface area contributed by atoms with E-state index in [1.54, 1.807) is 11.8 Å². The summed E-state index contributed by atoms with van der Waals surface area (Å²) in [5.41, 5.74) is 3.91. The summed E-state index contributed by atoms with van der Waals surface area (Å²) in [7, 11) is 0. The number of benzene rings is 2. The van der Waals surface area contributed by atoms with Crippen molar-refractivity contribution in [3.63, 3.8) is 0 Å². The highest BCUT2D eigenvalue weighted by atomic mass is 16.5. The highest BCUT2D eigenvalue weighted by Crippen LogP contribution is 2.44. The minimum atomic E-state index is -0.808. The van der Waals surface area contributed by atoms with Gasteiger partial charge in [-0.05, 0) is 60.8 Å². The van der Waals surface area contributed by atoms with Gasteiger partial charge in [-0.2, -0.15) is 0 Å². The average molecular weight is 477 g/mol. The molecule has 1 saturated heterocycles. The van der Waals surface area contributed by atoms with Crippen LogP contribution in [0.3, 0.4) is 0 Å². The van der Waals surface area contributed by atoms with E-state index in [0.29, 0.717) is 25.9 Å². The SMILES string of the molecule is CC1(C(=O)O)CCN(C(=O)CC(NC(=O)OCC2c3ccccc3-c3ccccc32)C2CC2)CC1. The van der Waals surface area contributed by atoms with E-state index in [1.807, 2.05) is 24.3 Å². The zero-order valence-corrected chi connectivity index (χ0v) is 20.0. The molecule has 0 radical (unpaired) electrons. The van der Waals surface area contributed by atoms with Gasteiger partial charge in [-0.15, -0.1) is 0 Å². The van der Waals surface area contributed by atoms with Crippen LogP contribution >= 0.6 is 0 Å². The fourth-order valence-electron chi connectivity index (χ4n) is 5.41. The zero-order chi connectivity index (χ0) is 24.6. The van der Waals surface area contributed by atoms with Crippen molar-refractivity contribution in [3.05, 3.63) is 59.7 Å². The van der Waals surface area contributed by atoms with Crippen molar-refractivity contribution in [1.82, 2.24) is 10.2 Å². The summed E-state index contributed by atoms with van der Waals surface area (Å²) in [5.74, 6) is -0.565. The van der Waals surface area contributed by atoms with Crippen LogP contribution in [0.4, 0.5) is 4.79 Å². The number of aliphatic carboxylic acids is 1. The second kappa shape index (κ2) is 9.36. The number of nitrogens with zero attached hydrogens (tertiary/aromatic N) is 1. The monoisotopic (exact) mass is 476 g/mol. The Kier molecular flexibility index (Phi) is 6.26. The van der Waals surface area contributed by atoms with Crippen molar-refractivity contribution in [2.45, 2.75) is 51.0 Å². The molecule has 1 saturated carbocycles. The summed E-state index contributed by atoms with van der Waals surface area (Å²) in [6.45, 7) is 2.85. The molecule has 2 fully saturated rings. The molecule has 2 aromatic carbocycles. The number of piperidine rings is 1. The van der Waals surface area contributed by atoms with Crippen molar-refractivity contribution in [1.29, 1.82) is 0 Å². The van der Waals surface area contributed by atoms with Crippen LogP contribution in [-0.4, -0.2) is 53.7 Å². The molecule has 1 aliphatic heterocycles. The van der Waals surface area contributed by atoms with E-state index >= 15 is 0 Å². The van der Waals surface area contributed by atoms with E-state index in [9.17, 15) is 19.5 Å². The van der Waals surface area contributed by atoms with E-state index in [1.165, 1.54) is 11.1 Å². The second-order valence-corrected chi connectivity index (χ2v) is 10.4. The van der Waals surface area contributed by atoms with Gasteiger partial charge in [-0.3, -0.25) is 9.59 Å². The Labute approximate surface area is 205 Å². The molecular formula is C28H32N2O5. The fourth-order valence-corrected chi connectivity index (χ4v) is 5.41. The Morgan fingerprint density at radius 2 is 1.60 bits per heavy atom. The average Bonchev–Trinajstić information content (AvgIpc) is 3.66. The minimum Gasteiger partial charge on any atom is -0.481 e. The fraction of sp³-hybridized carbons (Fsp3) is 0.464. The van der Waals surface area contributed by atoms with Crippen LogP contribution in [0, 0.1) is 11.3 Å². The molecule has 2 amide bonds. The molecule has 1 atom stereocenters. The first-order chi connectivity index (χ1) is 16.9. The van der Waals surface area contributed by atoms with Gasteiger partial charge in [0.05, 0.1) is 5.41 Å². The van der Waals surface area contributed by atoms with Crippen molar-refractivity contribution in [2.75, 3.05) is 19.7 Å². The van der Waals surface area contributed by atoms with Crippen LogP contribution in [0.15, 0.2) is 48.5 Å². The third-order valence-corrected chi connectivity index (χ3v) is 7.97. The van der Waals surface area contributed by atoms with E-state index in [2.05, 4.69) is 29.6 Å². The summed E-state index contributed by atoms with van der Waals surface area (Å²) in [5, 5.41) is 12.4. The van der Waals surface area contributed by atoms with Gasteiger partial charge in [0.15, 0.2) is 0 Å². The number of alkyl carbamates (subject to hydrolysis) is 1. The number of nitrogens with one attached hydrogen (secondary N) is 1. The predicted molar refractivity (Wildman–Crippen MR) is 131 cm³/mol. The van der Waals surface area contributed by atoms with Gasteiger partial charge in [-0.1, -0.05) is 48.5 Å². The number of carbonyl (C=O) groups excluding carboxylic acids is 2. The molecule has 184 valence electrons. The second-order valence-electron chi connectivity index (χ2n) is 10.4. The lowest BCUT2D eigenvalue weighted by Gasteiger charge is -2.37. The molecular weight excluding hydrogens is 444 g/mol. The molecule has 1 unspecified atom stereocenters. The largest absolute Gasteiger partial charge is 0.481 e. The number of ether oxygens (including phenoxy) is 1. The van der Waals surface area contributed by atoms with Crippen molar-refractivity contribution >= 4 is 18.0 Å². The number of hydrogen-bond donors (Lipinski definition) is 2. The zero-order valence-electron chi connectivity index (χ0n) is 20.0. The topological polar surface area (TPSA) is 95.9 Å². The highest BCUT2D eigenvalue weighted by molar-refractivity contribution is 5.80. The predicted octanol–water partition coefficient (Wildman–Crippen LogP) is 4.41. The van der Waals surface area contributed by atoms with Gasteiger partial charge >= 0.3 is 12.1 Å². The molecule has 3 aliphatic rings. The van der Waals surface area contributed by atoms with Crippen LogP contribution in [0.5, 0.6) is 0 Å². The summed E-state index contributed by atoms with van der Waals surface area (Å²) in [6.07, 6.45) is 2.59. The molecule has 2 aliphatic carbocycles. The van der Waals surface area contributed by atoms with E-state index in [-0.39, 0.29) is 36.8 Å². The minimum absolute atomic E-state index is 0.00828. The first-order valence-electron chi connectivity index (χ1n) is 12.5. The molecule has 5 rings (SSSR count). The quantitative estimate of drug-likeness (QED) is 0.617. The third-order valence-electron chi connectivity index (χ3n) is 7.97. The molecule has 7 heteroatoms. The Bertz CT molecular complexity index is 1090. The number of amides is 2. The summed E-state index contributed by atoms with van der Waals surface area (Å²) in [4.78, 5) is 38.9. The van der Waals surface area contributed by atoms with Gasteiger partial charge in [-0.25, -0.2) is 4.79 Å². The van der Waals surface area contributed by atoms with Crippen LogP contribution in [0.1, 0.15) is 56.1 Å². The number of hydrogen-bond acceptors (Lipinski definition) is 4. The van der Waals surface area contributed by atoms with Crippen LogP contribution in [0.2, 0.25) is 0 Å². The van der Waals surface area contributed by atoms with Gasteiger partial charge in [0.2, 0.25) is 5.91 Å². The molecule has 35 heavy (non-hydrogen) atoms. The normalized spacial score (nSPS) is 19.4. The lowest BCUT2D eigenvalue weighted by molar-refractivity contribution is -0.153. The Morgan fingerprint density at radius 3 is 2.14 bits per heavy atom. The highest BCUT2D eigenvalue weighted by Gasteiger charge is 2.40. The summed E-state index contributed by atoms with van der Waals surface area (Å²) in [6, 6.07) is 16.2. The van der Waals surface area contributed by atoms with Crippen LogP contribution in [0.25, 0.3) is 11.1 Å². The van der Waals surface area contributed by atoms with Gasteiger partial charge in [0.1, 0.15) is 6.61 Å². The third kappa shape index (κ3) is 4.77. The van der Waals surface area contributed by atoms with Gasteiger partial charge < -0.3 is 20.1 Å². The van der Waals surface area contributed by atoms with E-state index in [4.69, 9.17) is 4.74 Å². The number of carbonyl (C=O) groups is 3. The number of likely N-dealkylation sites (tertiary alicyclic amines) is 1. The Balaban J connectivity index is 1.17. The first-order valence-corrected chi connectivity index (χ1v) is 12.5. The number of carboxylic acids is 1.